The van der Waals surface area contributed by atoms with Gasteiger partial charge in [-0.15, -0.1) is 0 Å². The molecule has 1 amide bonds. The molecule has 2 saturated heterocycles. The molecule has 1 N–H and O–H groups in total. The summed E-state index contributed by atoms with van der Waals surface area (Å²) in [5.74, 6) is 0.645. The molecule has 1 saturated carbocycles. The van der Waals surface area contributed by atoms with Crippen LogP contribution in [0.1, 0.15) is 72.9 Å². The fourth-order valence-corrected chi connectivity index (χ4v) is 11.6. The van der Waals surface area contributed by atoms with E-state index in [0.717, 1.165) is 95.0 Å². The van der Waals surface area contributed by atoms with E-state index < -0.39 is 27.3 Å². The van der Waals surface area contributed by atoms with Gasteiger partial charge in [0.2, 0.25) is 10.0 Å². The van der Waals surface area contributed by atoms with E-state index in [-0.39, 0.29) is 35.5 Å². The first kappa shape index (κ1) is 39.1. The average molecular weight is 798 g/mol. The van der Waals surface area contributed by atoms with E-state index in [2.05, 4.69) is 32.7 Å². The van der Waals surface area contributed by atoms with Gasteiger partial charge in [-0.1, -0.05) is 29.8 Å². The highest BCUT2D eigenvalue weighted by Crippen LogP contribution is 2.47. The van der Waals surface area contributed by atoms with E-state index in [9.17, 15) is 13.2 Å². The van der Waals surface area contributed by atoms with Crippen LogP contribution in [0.2, 0.25) is 5.02 Å². The first-order valence-electron chi connectivity index (χ1n) is 20.3. The molecular formula is C42H56ClN3O8S. The summed E-state index contributed by atoms with van der Waals surface area (Å²) < 4.78 is 61.8. The third kappa shape index (κ3) is 8.61. The lowest BCUT2D eigenvalue weighted by atomic mass is 9.68. The Morgan fingerprint density at radius 3 is 2.71 bits per heavy atom. The zero-order chi connectivity index (χ0) is 38.0. The second-order valence-electron chi connectivity index (χ2n) is 16.4. The molecule has 4 aliphatic heterocycles. The molecule has 55 heavy (non-hydrogen) atoms. The van der Waals surface area contributed by atoms with Crippen LogP contribution in [0.15, 0.2) is 48.6 Å². The Balaban J connectivity index is 1.15. The zero-order valence-corrected chi connectivity index (χ0v) is 33.5. The quantitative estimate of drug-likeness (QED) is 0.359. The molecule has 0 unspecified atom stereocenters. The van der Waals surface area contributed by atoms with Gasteiger partial charge >= 0.3 is 0 Å². The third-order valence-electron chi connectivity index (χ3n) is 13.0. The summed E-state index contributed by atoms with van der Waals surface area (Å²) in [5.41, 5.74) is 3.34. The topological polar surface area (TPSA) is 116 Å². The Morgan fingerprint density at radius 1 is 1.05 bits per heavy atom. The molecular weight excluding hydrogens is 742 g/mol. The highest BCUT2D eigenvalue weighted by Gasteiger charge is 2.45. The molecule has 300 valence electrons. The van der Waals surface area contributed by atoms with E-state index >= 15 is 0 Å². The van der Waals surface area contributed by atoms with Crippen LogP contribution >= 0.6 is 11.6 Å². The number of anilines is 1. The fraction of sp³-hybridized carbons (Fsp3) is 0.643. The van der Waals surface area contributed by atoms with Gasteiger partial charge in [0.05, 0.1) is 50.4 Å². The van der Waals surface area contributed by atoms with Crippen LogP contribution in [-0.2, 0) is 40.8 Å². The van der Waals surface area contributed by atoms with Gasteiger partial charge in [-0.05, 0) is 111 Å². The van der Waals surface area contributed by atoms with Crippen LogP contribution in [0, 0.1) is 11.8 Å². The minimum atomic E-state index is -4.19. The summed E-state index contributed by atoms with van der Waals surface area (Å²) in [6.45, 7) is 7.28. The maximum atomic E-state index is 14.2. The normalized spacial score (nSPS) is 33.1. The highest BCUT2D eigenvalue weighted by molar-refractivity contribution is 7.90. The van der Waals surface area contributed by atoms with Gasteiger partial charge < -0.3 is 28.6 Å². The van der Waals surface area contributed by atoms with Crippen LogP contribution in [0.4, 0.5) is 5.69 Å². The Bertz CT molecular complexity index is 1820. The number of methoxy groups -OCH3 is 1. The summed E-state index contributed by atoms with van der Waals surface area (Å²) >= 11 is 6.50. The standard InChI is InChI=1S/C42H56ClN3O8S/c1-50-39-8-2-7-37(53-22-18-45-16-20-51-21-17-45)34-12-9-31(34)26-46-27-42(15-3-5-29-23-32(43)11-13-35(29)42)28-54-38-14-10-30(24-36(38)46)41(47)44-55(48,49)40(39)25-33-6-4-19-52-33/h2,7,10-11,13-14,23-24,31,33-34,37,39-40H,3-6,8-9,12,15-22,25-28H2,1H3,(H,44,47)/b7-2+/t31-,33-,34+,37-,39+,40-,42-/m0/s1. The van der Waals surface area contributed by atoms with E-state index in [4.69, 9.17) is 35.3 Å². The summed E-state index contributed by atoms with van der Waals surface area (Å²) in [4.78, 5) is 18.8. The van der Waals surface area contributed by atoms with Gasteiger partial charge in [0, 0.05) is 62.4 Å². The van der Waals surface area contributed by atoms with E-state index in [0.29, 0.717) is 44.5 Å². The van der Waals surface area contributed by atoms with Crippen molar-refractivity contribution < 1.29 is 36.9 Å². The molecule has 7 atom stereocenters. The van der Waals surface area contributed by atoms with Gasteiger partial charge in [-0.3, -0.25) is 9.69 Å². The van der Waals surface area contributed by atoms with E-state index in [1.54, 1.807) is 13.2 Å². The SMILES string of the molecule is CO[C@@H]1C/C=C/[C@H](OCCN2CCOCC2)[C@@H]2CC[C@H]2CN2C[C@@]3(CCCc4cc(Cl)ccc43)COc3ccc(cc32)C(=O)NS(=O)(=O)[C@H]1C[C@@H]1CCCO1. The maximum Gasteiger partial charge on any atom is 0.264 e. The van der Waals surface area contributed by atoms with Gasteiger partial charge in [0.1, 0.15) is 11.0 Å². The van der Waals surface area contributed by atoms with Gasteiger partial charge in [-0.25, -0.2) is 13.1 Å². The zero-order valence-electron chi connectivity index (χ0n) is 32.0. The second kappa shape index (κ2) is 17.0. The summed E-state index contributed by atoms with van der Waals surface area (Å²) in [5, 5.41) is -0.260. The number of ether oxygens (including phenoxy) is 5. The second-order valence-corrected chi connectivity index (χ2v) is 18.7. The number of benzene rings is 2. The van der Waals surface area contributed by atoms with Crippen molar-refractivity contribution >= 4 is 33.2 Å². The number of halogens is 1. The number of nitrogens with one attached hydrogen (secondary N) is 1. The Morgan fingerprint density at radius 2 is 1.93 bits per heavy atom. The highest BCUT2D eigenvalue weighted by atomic mass is 35.5. The number of hydrogen-bond donors (Lipinski definition) is 1. The Hall–Kier alpha value is -2.71. The van der Waals surface area contributed by atoms with Crippen molar-refractivity contribution in [3.05, 3.63) is 70.3 Å². The number of amides is 1. The van der Waals surface area contributed by atoms with Crippen LogP contribution in [0.25, 0.3) is 0 Å². The number of fused-ring (bicyclic) bond motifs is 4. The molecule has 3 fully saturated rings. The molecule has 4 heterocycles. The van der Waals surface area contributed by atoms with Crippen LogP contribution in [0.3, 0.4) is 0 Å². The Labute approximate surface area is 331 Å². The van der Waals surface area contributed by atoms with Crippen LogP contribution in [-0.4, -0.2) is 116 Å². The molecule has 1 spiro atoms. The van der Waals surface area contributed by atoms with Gasteiger partial charge in [-0.2, -0.15) is 0 Å². The molecule has 2 aromatic carbocycles. The van der Waals surface area contributed by atoms with Crippen molar-refractivity contribution in [1.82, 2.24) is 9.62 Å². The molecule has 0 aromatic heterocycles. The molecule has 8 rings (SSSR count). The lowest BCUT2D eigenvalue weighted by molar-refractivity contribution is -0.0316. The first-order valence-corrected chi connectivity index (χ1v) is 22.2. The first-order chi connectivity index (χ1) is 26.7. The summed E-state index contributed by atoms with van der Waals surface area (Å²) in [6, 6.07) is 11.6. The number of carbonyl (C=O) groups is 1. The average Bonchev–Trinajstić information content (AvgIpc) is 3.64. The van der Waals surface area contributed by atoms with Gasteiger partial charge in [0.25, 0.3) is 5.91 Å². The Kier molecular flexibility index (Phi) is 12.1. The number of hydrogen-bond acceptors (Lipinski definition) is 10. The third-order valence-corrected chi connectivity index (χ3v) is 15.0. The van der Waals surface area contributed by atoms with Gasteiger partial charge in [0.15, 0.2) is 0 Å². The predicted molar refractivity (Wildman–Crippen MR) is 212 cm³/mol. The number of morpholine rings is 1. The number of aryl methyl sites for hydroxylation is 1. The van der Waals surface area contributed by atoms with Crippen molar-refractivity contribution in [3.8, 4) is 5.75 Å². The lowest BCUT2D eigenvalue weighted by Gasteiger charge is -2.46. The van der Waals surface area contributed by atoms with Crippen LogP contribution < -0.4 is 14.4 Å². The molecule has 11 nitrogen and oxygen atoms in total. The smallest absolute Gasteiger partial charge is 0.264 e. The molecule has 2 aliphatic carbocycles. The number of carbonyl (C=O) groups excluding carboxylic acids is 1. The van der Waals surface area contributed by atoms with Crippen molar-refractivity contribution in [2.24, 2.45) is 11.8 Å². The molecule has 2 aromatic rings. The number of rotatable bonds is 7. The minimum absolute atomic E-state index is 0.140. The molecule has 2 bridgehead atoms. The number of nitrogens with zero attached hydrogens (tertiary/aromatic N) is 2. The molecule has 13 heteroatoms. The molecule has 0 radical (unpaired) electrons. The summed E-state index contributed by atoms with van der Waals surface area (Å²) in [7, 11) is -2.64. The molecule has 6 aliphatic rings. The fourth-order valence-electron chi connectivity index (χ4n) is 9.83. The summed E-state index contributed by atoms with van der Waals surface area (Å²) in [6.07, 6.45) is 10.4. The van der Waals surface area contributed by atoms with Crippen molar-refractivity contribution in [3.63, 3.8) is 0 Å². The van der Waals surface area contributed by atoms with E-state index in [1.807, 2.05) is 24.3 Å². The maximum absolute atomic E-state index is 14.2. The minimum Gasteiger partial charge on any atom is -0.490 e. The van der Waals surface area contributed by atoms with Crippen molar-refractivity contribution in [2.75, 3.05) is 77.8 Å². The van der Waals surface area contributed by atoms with E-state index in [1.165, 1.54) is 11.1 Å². The lowest BCUT2D eigenvalue weighted by Crippen LogP contribution is -2.50. The largest absolute Gasteiger partial charge is 0.490 e. The monoisotopic (exact) mass is 797 g/mol. The number of sulfonamides is 1. The predicted octanol–water partition coefficient (Wildman–Crippen LogP) is 5.53. The van der Waals surface area contributed by atoms with Crippen molar-refractivity contribution in [1.29, 1.82) is 0 Å². The van der Waals surface area contributed by atoms with Crippen LogP contribution in [0.5, 0.6) is 5.75 Å². The van der Waals surface area contributed by atoms with Crippen molar-refractivity contribution in [2.45, 2.75) is 86.8 Å².